The highest BCUT2D eigenvalue weighted by Gasteiger charge is 2.61. The summed E-state index contributed by atoms with van der Waals surface area (Å²) in [5.41, 5.74) is 3.83. The molecule has 16 aliphatic rings. The Kier molecular flexibility index (Phi) is 26.6. The van der Waals surface area contributed by atoms with Gasteiger partial charge in [0.25, 0.3) is 35.4 Å². The molecular weight excluding hydrogens is 1880 g/mol. The second-order valence-electron chi connectivity index (χ2n) is 39.8. The van der Waals surface area contributed by atoms with Crippen LogP contribution < -0.4 is 89.9 Å². The first-order valence-corrected chi connectivity index (χ1v) is 48.5. The average Bonchev–Trinajstić information content (AvgIpc) is 1.03. The lowest BCUT2D eigenvalue weighted by atomic mass is 9.60. The van der Waals surface area contributed by atoms with Gasteiger partial charge in [-0.2, -0.15) is 0 Å². The number of aliphatic hydroxyl groups is 10. The highest BCUT2D eigenvalue weighted by atomic mass is 32.1. The molecule has 23 rings (SSSR count). The molecule has 142 heavy (non-hydrogen) atoms. The molecule has 0 saturated heterocycles. The summed E-state index contributed by atoms with van der Waals surface area (Å²) >= 11 is 1.25. The van der Waals surface area contributed by atoms with Crippen molar-refractivity contribution in [3.63, 3.8) is 0 Å². The van der Waals surface area contributed by atoms with E-state index in [2.05, 4.69) is 42.5 Å². The summed E-state index contributed by atoms with van der Waals surface area (Å²) in [6.07, 6.45) is -4.12. The van der Waals surface area contributed by atoms with Gasteiger partial charge in [-0.05, 0) is 108 Å². The van der Waals surface area contributed by atoms with Crippen LogP contribution in [0.2, 0.25) is 0 Å². The molecule has 43 heteroatoms. The van der Waals surface area contributed by atoms with E-state index in [1.165, 1.54) is 37.5 Å². The minimum absolute atomic E-state index is 0.00471. The number of fused-ring (bicyclic) bond motifs is 20. The molecule has 0 unspecified atom stereocenters. The number of rotatable bonds is 9. The van der Waals surface area contributed by atoms with E-state index in [0.717, 1.165) is 24.8 Å². The molecule has 23 N–H and O–H groups in total. The number of hydrogen-bond acceptors (Lipinski definition) is 35. The molecule has 1 aromatic heterocycles. The molecule has 0 bridgehead atoms. The van der Waals surface area contributed by atoms with E-state index in [-0.39, 0.29) is 197 Å². The van der Waals surface area contributed by atoms with Gasteiger partial charge in [-0.15, -0.1) is 11.3 Å². The standard InChI is InChI=1S/C23H24N2O7.C22H29NO6.C20H20N2O7S.C17H20N2O7.C17H22N2O6/c1-10-17-15(12-8-13-22(32-9-31-13)20(28)16(12)23(30)25-17)18(21(29)19(10)27)24-14(26)7-11-5-3-2-4-6-11;1-10-17-15(13(19(25)18(10)24)7-11-5-3-2-4-6-11)12-8-14-21(29-9-28-14)20(26)16(12)22(27)23-17;1-7-13-11(14(17(25)15(7)23)22-19(26)10-3-2-4-30-10)8-5-9-18(29-6-28-9)16(24)12(8)20(27)21-13;1-5-11-9(12(18-6(2)20)15(23)13(5)21)7-3-8-16(26-4-25-8)14(22)10(7)17(24)19-11;1-6-11-9(12(19(2)3)15(22)13(6)20)7-4-8-16(25-5-24-8)14(21)10(7)17(23)18-11/h2-6,8,10,15,17-19,21,27-29H,7,9H2,1H3,(H,24,26)(H,25,30);8,10-11,13,15,17-19,24-26H,2-7,9H2,1H3,(H,23,27);2-5,7,11,13-15,17,23-25H,6H2,1H3,(H,21,27)(H,22,26);3,5,9,11-13,15,21-23H,4H2,1-2H3,(H,18,20)(H,19,24);4,6,9,11-13,15,20-22H,5H2,1-3H3,(H,18,23)/t10-,15+,17-,18+,19-,21-;10-,13+,15-,17-,18-,19-;7-,11+,13-,14+,15-,17-;5-,9+,11-,12+,13-,15-;6-,9+,11-,12+,13-,15-/m00000/s1. The molecule has 6 fully saturated rings. The van der Waals surface area contributed by atoms with E-state index in [0.29, 0.717) is 55.9 Å². The number of hydrogen-bond donors (Lipinski definition) is 23. The predicted octanol–water partition coefficient (Wildman–Crippen LogP) is 2.05. The number of likely N-dealkylation sites (N-methyl/N-ethyl adjacent to an activating group) is 1. The van der Waals surface area contributed by atoms with Gasteiger partial charge in [-0.25, -0.2) is 0 Å². The molecule has 6 aromatic carbocycles. The molecule has 760 valence electrons. The number of carbonyl (C=O) groups is 8. The Hall–Kier alpha value is -12.7. The quantitative estimate of drug-likeness (QED) is 0.0983. The van der Waals surface area contributed by atoms with E-state index >= 15 is 0 Å². The van der Waals surface area contributed by atoms with Crippen LogP contribution in [0.3, 0.4) is 0 Å². The van der Waals surface area contributed by atoms with E-state index in [1.807, 2.05) is 56.3 Å². The number of ether oxygens (including phenoxy) is 10. The van der Waals surface area contributed by atoms with Crippen molar-refractivity contribution in [1.82, 2.24) is 47.4 Å². The number of phenolic OH excluding ortho intramolecular Hbond substituents is 5. The fourth-order valence-corrected chi connectivity index (χ4v) is 25.2. The SMILES string of the molecule is CC(=O)N[C@H]1[C@H](O)[C@@H](O)[C@@H](C)[C@@H]2NC(=O)c3c(cc4c(c3O)OCO4)[C@H]21.C[C@@H]1[C@H](O)[C@@H](O)[C@H](CC2CCCCC2)[C@@H]2c3cc4c(c(O)c3C(=O)N[C@@H]12)OCO4.C[C@@H]1[C@H](O)[C@@H](O)[C@H](N(C)C)[C@@H]2c3cc4c(c(O)c3C(=O)N[C@@H]12)OCO4.C[C@@H]1[C@H](O)[C@@H](O)[C@H](NC(=O)Cc2ccccc2)[C@@H]2c3cc4c(c(O)c3C(=O)N[C@@H]12)OCO4.C[C@@H]1[C@H](O)[C@@H](O)[C@H](NC(=O)c2cccs2)[C@@H]2c3cc4c(c(O)c3C(=O)N[C@@H]12)OCO4. The predicted molar refractivity (Wildman–Crippen MR) is 494 cm³/mol. The first-order valence-electron chi connectivity index (χ1n) is 47.6. The first kappa shape index (κ1) is 98.1. The number of thiophene rings is 1. The zero-order valence-corrected chi connectivity index (χ0v) is 79.1. The zero-order valence-electron chi connectivity index (χ0n) is 78.3. The summed E-state index contributed by atoms with van der Waals surface area (Å²) in [5.74, 6) is -6.61. The number of amides is 8. The highest BCUT2D eigenvalue weighted by Crippen LogP contribution is 2.59. The molecule has 6 saturated carbocycles. The number of nitrogens with zero attached hydrogens (tertiary/aromatic N) is 1. The maximum absolute atomic E-state index is 12.9. The molecule has 6 aliphatic carbocycles. The lowest BCUT2D eigenvalue weighted by Crippen LogP contribution is -2.67. The van der Waals surface area contributed by atoms with E-state index in [1.54, 1.807) is 75.5 Å². The van der Waals surface area contributed by atoms with Crippen LogP contribution in [0.4, 0.5) is 0 Å². The third-order valence-corrected chi connectivity index (χ3v) is 32.6. The molecule has 7 aromatic rings. The van der Waals surface area contributed by atoms with Crippen molar-refractivity contribution in [2.24, 2.45) is 41.4 Å². The fraction of sp³-hybridized carbons (Fsp3) is 0.515. The van der Waals surface area contributed by atoms with Crippen molar-refractivity contribution in [3.8, 4) is 86.2 Å². The van der Waals surface area contributed by atoms with E-state index < -0.39 is 168 Å². The van der Waals surface area contributed by atoms with Gasteiger partial charge in [0.1, 0.15) is 18.3 Å². The van der Waals surface area contributed by atoms with Crippen LogP contribution in [0.15, 0.2) is 78.2 Å². The molecule has 0 spiro atoms. The summed E-state index contributed by atoms with van der Waals surface area (Å²) in [6.45, 7) is 9.88. The van der Waals surface area contributed by atoms with Gasteiger partial charge < -0.3 is 171 Å². The third kappa shape index (κ3) is 16.8. The molecule has 10 aliphatic heterocycles. The monoisotopic (exact) mass is 1990 g/mol. The number of carbonyl (C=O) groups excluding carboxylic acids is 8. The van der Waals surface area contributed by atoms with Gasteiger partial charge in [0.15, 0.2) is 57.5 Å². The smallest absolute Gasteiger partial charge is 0.261 e. The summed E-state index contributed by atoms with van der Waals surface area (Å²) < 4.78 is 53.4. The molecule has 30 atom stereocenters. The fourth-order valence-electron chi connectivity index (χ4n) is 24.6. The van der Waals surface area contributed by atoms with Crippen LogP contribution in [-0.4, -0.2) is 292 Å². The molecule has 42 nitrogen and oxygen atoms in total. The molecule has 0 radical (unpaired) electrons. The Labute approximate surface area is 815 Å². The summed E-state index contributed by atoms with van der Waals surface area (Å²) in [5, 5.41) is 184. The maximum Gasteiger partial charge on any atom is 0.261 e. The van der Waals surface area contributed by atoms with Gasteiger partial charge in [-0.1, -0.05) is 103 Å². The number of nitrogens with one attached hydrogen (secondary N) is 8. The van der Waals surface area contributed by atoms with Crippen molar-refractivity contribution in [2.75, 3.05) is 48.1 Å². The maximum atomic E-state index is 12.9. The summed E-state index contributed by atoms with van der Waals surface area (Å²) in [4.78, 5) is 103. The van der Waals surface area contributed by atoms with Crippen molar-refractivity contribution in [2.45, 2.75) is 231 Å². The second-order valence-corrected chi connectivity index (χ2v) is 40.7. The van der Waals surface area contributed by atoms with E-state index in [9.17, 15) is 115 Å². The Bertz CT molecular complexity index is 6130. The lowest BCUT2D eigenvalue weighted by molar-refractivity contribution is -0.126. The minimum Gasteiger partial charge on any atom is -0.504 e. The van der Waals surface area contributed by atoms with Crippen LogP contribution in [0.25, 0.3) is 0 Å². The molecule has 8 amide bonds. The Morgan fingerprint density at radius 3 is 1.04 bits per heavy atom. The van der Waals surface area contributed by atoms with Crippen molar-refractivity contribution >= 4 is 58.6 Å². The highest BCUT2D eigenvalue weighted by molar-refractivity contribution is 7.12. The molecular formula is C99H115N9O33S. The van der Waals surface area contributed by atoms with Crippen molar-refractivity contribution < 1.29 is 162 Å². The number of aromatic hydroxyl groups is 5. The Morgan fingerprint density at radius 1 is 0.380 bits per heavy atom. The van der Waals surface area contributed by atoms with Crippen LogP contribution in [0.1, 0.15) is 204 Å². The van der Waals surface area contributed by atoms with Crippen LogP contribution in [0.5, 0.6) is 86.2 Å². The first-order chi connectivity index (χ1) is 67.8. The van der Waals surface area contributed by atoms with Crippen LogP contribution in [0, 0.1) is 41.4 Å². The average molecular weight is 1990 g/mol. The Morgan fingerprint density at radius 2 is 0.697 bits per heavy atom. The van der Waals surface area contributed by atoms with Crippen LogP contribution in [-0.2, 0) is 16.0 Å². The lowest BCUT2D eigenvalue weighted by Gasteiger charge is -2.52. The van der Waals surface area contributed by atoms with Gasteiger partial charge >= 0.3 is 0 Å². The van der Waals surface area contributed by atoms with Crippen molar-refractivity contribution in [1.29, 1.82) is 0 Å². The second kappa shape index (κ2) is 38.6. The molecule has 11 heterocycles. The summed E-state index contributed by atoms with van der Waals surface area (Å²) in [6, 6.07) is 15.4. The third-order valence-electron chi connectivity index (χ3n) is 31.7. The topological polar surface area (TPSA) is 632 Å². The van der Waals surface area contributed by atoms with Gasteiger partial charge in [0, 0.05) is 102 Å². The minimum atomic E-state index is -1.28. The van der Waals surface area contributed by atoms with Gasteiger partial charge in [-0.3, -0.25) is 38.4 Å². The van der Waals surface area contributed by atoms with Crippen molar-refractivity contribution in [3.05, 3.63) is 144 Å². The summed E-state index contributed by atoms with van der Waals surface area (Å²) in [7, 11) is 3.63. The zero-order chi connectivity index (χ0) is 101. The van der Waals surface area contributed by atoms with E-state index in [4.69, 9.17) is 47.4 Å². The van der Waals surface area contributed by atoms with Gasteiger partial charge in [0.05, 0.1) is 100.0 Å². The Balaban J connectivity index is 0.000000113. The largest absolute Gasteiger partial charge is 0.504 e. The normalized spacial score (nSPS) is 33.5. The number of phenols is 5. The van der Waals surface area contributed by atoms with Gasteiger partial charge in [0.2, 0.25) is 74.5 Å². The van der Waals surface area contributed by atoms with Crippen LogP contribution >= 0.6 is 11.3 Å². The number of aliphatic hydroxyl groups excluding tert-OH is 10. The number of benzene rings is 6.